The van der Waals surface area contributed by atoms with Crippen LogP contribution in [-0.4, -0.2) is 28.8 Å². The summed E-state index contributed by atoms with van der Waals surface area (Å²) in [7, 11) is 0. The summed E-state index contributed by atoms with van der Waals surface area (Å²) in [5.74, 6) is -0.189. The lowest BCUT2D eigenvalue weighted by atomic mass is 10.0. The lowest BCUT2D eigenvalue weighted by Gasteiger charge is -2.17. The molecule has 1 rings (SSSR count). The van der Waals surface area contributed by atoms with Gasteiger partial charge in [0.2, 0.25) is 5.91 Å². The van der Waals surface area contributed by atoms with Crippen LogP contribution in [-0.2, 0) is 4.79 Å². The molecule has 0 aliphatic heterocycles. The van der Waals surface area contributed by atoms with E-state index < -0.39 is 12.2 Å². The summed E-state index contributed by atoms with van der Waals surface area (Å²) < 4.78 is 0. The molecule has 0 bridgehead atoms. The van der Waals surface area contributed by atoms with Crippen LogP contribution in [0.2, 0.25) is 0 Å². The first-order chi connectivity index (χ1) is 7.54. The van der Waals surface area contributed by atoms with Crippen LogP contribution in [0.25, 0.3) is 0 Å². The van der Waals surface area contributed by atoms with Gasteiger partial charge >= 0.3 is 0 Å². The maximum Gasteiger partial charge on any atom is 0.221 e. The van der Waals surface area contributed by atoms with Gasteiger partial charge in [-0.3, -0.25) is 4.79 Å². The Morgan fingerprint density at radius 3 is 2.75 bits per heavy atom. The molecular formula is C11H16N2O3. The lowest BCUT2D eigenvalue weighted by molar-refractivity contribution is -0.114. The summed E-state index contributed by atoms with van der Waals surface area (Å²) in [4.78, 5) is 10.8. The van der Waals surface area contributed by atoms with Crippen LogP contribution in [0.1, 0.15) is 18.6 Å². The second-order valence-corrected chi connectivity index (χ2v) is 3.55. The fraction of sp³-hybridized carbons (Fsp3) is 0.364. The van der Waals surface area contributed by atoms with E-state index in [0.29, 0.717) is 11.3 Å². The summed E-state index contributed by atoms with van der Waals surface area (Å²) in [5.41, 5.74) is 6.34. The Bertz CT molecular complexity index is 368. The molecule has 0 radical (unpaired) electrons. The molecule has 0 saturated heterocycles. The third-order valence-corrected chi connectivity index (χ3v) is 2.15. The van der Waals surface area contributed by atoms with Crippen LogP contribution in [0.4, 0.5) is 5.69 Å². The van der Waals surface area contributed by atoms with E-state index >= 15 is 0 Å². The predicted octanol–water partition coefficient (Wildman–Crippen LogP) is -0.00200. The van der Waals surface area contributed by atoms with Crippen molar-refractivity contribution in [3.8, 4) is 0 Å². The summed E-state index contributed by atoms with van der Waals surface area (Å²) in [5, 5.41) is 21.7. The van der Waals surface area contributed by atoms with Gasteiger partial charge in [-0.1, -0.05) is 12.1 Å². The number of carbonyl (C=O) groups excluding carboxylic acids is 1. The Morgan fingerprint density at radius 1 is 1.50 bits per heavy atom. The molecule has 1 aromatic rings. The first-order valence-electron chi connectivity index (χ1n) is 4.98. The van der Waals surface area contributed by atoms with Gasteiger partial charge in [0.15, 0.2) is 0 Å². The minimum atomic E-state index is -1.04. The highest BCUT2D eigenvalue weighted by atomic mass is 16.3. The number of nitrogens with one attached hydrogen (secondary N) is 1. The molecule has 0 aliphatic rings. The van der Waals surface area contributed by atoms with Gasteiger partial charge < -0.3 is 21.3 Å². The predicted molar refractivity (Wildman–Crippen MR) is 60.8 cm³/mol. The lowest BCUT2D eigenvalue weighted by Crippen LogP contribution is -2.27. The average molecular weight is 224 g/mol. The van der Waals surface area contributed by atoms with Gasteiger partial charge in [-0.2, -0.15) is 0 Å². The van der Waals surface area contributed by atoms with Gasteiger partial charge in [-0.05, 0) is 17.7 Å². The van der Waals surface area contributed by atoms with Gasteiger partial charge in [0.05, 0.1) is 6.10 Å². The van der Waals surface area contributed by atoms with E-state index in [1.807, 2.05) is 0 Å². The van der Waals surface area contributed by atoms with Crippen LogP contribution in [0.3, 0.4) is 0 Å². The summed E-state index contributed by atoms with van der Waals surface area (Å²) in [6.45, 7) is 1.38. The molecule has 0 fully saturated rings. The number of anilines is 1. The van der Waals surface area contributed by atoms with E-state index in [4.69, 9.17) is 5.73 Å². The van der Waals surface area contributed by atoms with Crippen molar-refractivity contribution >= 4 is 11.6 Å². The topological polar surface area (TPSA) is 95.6 Å². The van der Waals surface area contributed by atoms with Crippen LogP contribution < -0.4 is 11.1 Å². The third-order valence-electron chi connectivity index (χ3n) is 2.15. The molecule has 0 saturated carbocycles. The molecule has 0 aromatic heterocycles. The highest BCUT2D eigenvalue weighted by molar-refractivity contribution is 5.88. The molecule has 0 heterocycles. The number of hydrogen-bond donors (Lipinski definition) is 4. The van der Waals surface area contributed by atoms with Gasteiger partial charge in [0.1, 0.15) is 6.10 Å². The highest BCUT2D eigenvalue weighted by Gasteiger charge is 2.16. The van der Waals surface area contributed by atoms with Crippen molar-refractivity contribution in [3.05, 3.63) is 29.8 Å². The van der Waals surface area contributed by atoms with E-state index in [2.05, 4.69) is 5.32 Å². The molecule has 5 heteroatoms. The van der Waals surface area contributed by atoms with E-state index in [-0.39, 0.29) is 12.5 Å². The second kappa shape index (κ2) is 5.60. The summed E-state index contributed by atoms with van der Waals surface area (Å²) in [6.07, 6.45) is -2.05. The zero-order valence-electron chi connectivity index (χ0n) is 9.05. The minimum absolute atomic E-state index is 0.0223. The number of carbonyl (C=O) groups is 1. The second-order valence-electron chi connectivity index (χ2n) is 3.55. The highest BCUT2D eigenvalue weighted by Crippen LogP contribution is 2.20. The third kappa shape index (κ3) is 3.30. The van der Waals surface area contributed by atoms with E-state index in [1.54, 1.807) is 24.3 Å². The van der Waals surface area contributed by atoms with Gasteiger partial charge in [-0.25, -0.2) is 0 Å². The van der Waals surface area contributed by atoms with Crippen molar-refractivity contribution < 1.29 is 15.0 Å². The molecule has 1 aromatic carbocycles. The number of amides is 1. The largest absolute Gasteiger partial charge is 0.389 e. The molecule has 88 valence electrons. The van der Waals surface area contributed by atoms with Crippen molar-refractivity contribution in [2.75, 3.05) is 11.9 Å². The number of benzene rings is 1. The Kier molecular flexibility index (Phi) is 4.42. The fourth-order valence-electron chi connectivity index (χ4n) is 1.35. The van der Waals surface area contributed by atoms with Gasteiger partial charge in [-0.15, -0.1) is 0 Å². The molecule has 2 unspecified atom stereocenters. The maximum absolute atomic E-state index is 10.8. The first kappa shape index (κ1) is 12.6. The maximum atomic E-state index is 10.8. The summed E-state index contributed by atoms with van der Waals surface area (Å²) in [6, 6.07) is 6.65. The smallest absolute Gasteiger partial charge is 0.221 e. The van der Waals surface area contributed by atoms with Gasteiger partial charge in [0, 0.05) is 19.2 Å². The molecule has 5 N–H and O–H groups in total. The minimum Gasteiger partial charge on any atom is -0.389 e. The van der Waals surface area contributed by atoms with Crippen LogP contribution >= 0.6 is 0 Å². The number of hydrogen-bond acceptors (Lipinski definition) is 4. The standard InChI is InChI=1S/C11H16N2O3/c1-7(14)13-9-4-2-3-8(5-9)11(16)10(15)6-12/h2-5,10-11,15-16H,6,12H2,1H3,(H,13,14). The Hall–Kier alpha value is -1.43. The zero-order chi connectivity index (χ0) is 12.1. The quantitative estimate of drug-likeness (QED) is 0.579. The molecule has 1 amide bonds. The number of rotatable bonds is 4. The zero-order valence-corrected chi connectivity index (χ0v) is 9.05. The molecule has 2 atom stereocenters. The van der Waals surface area contributed by atoms with Crippen LogP contribution in [0, 0.1) is 0 Å². The normalized spacial score (nSPS) is 14.2. The molecule has 16 heavy (non-hydrogen) atoms. The van der Waals surface area contributed by atoms with Crippen molar-refractivity contribution in [1.29, 1.82) is 0 Å². The van der Waals surface area contributed by atoms with Gasteiger partial charge in [0.25, 0.3) is 0 Å². The monoisotopic (exact) mass is 224 g/mol. The number of nitrogens with two attached hydrogens (primary N) is 1. The van der Waals surface area contributed by atoms with Crippen molar-refractivity contribution in [3.63, 3.8) is 0 Å². The van der Waals surface area contributed by atoms with E-state index in [0.717, 1.165) is 0 Å². The van der Waals surface area contributed by atoms with E-state index in [1.165, 1.54) is 6.92 Å². The Morgan fingerprint density at radius 2 is 2.19 bits per heavy atom. The van der Waals surface area contributed by atoms with Crippen LogP contribution in [0.15, 0.2) is 24.3 Å². The first-order valence-corrected chi connectivity index (χ1v) is 4.98. The van der Waals surface area contributed by atoms with Crippen molar-refractivity contribution in [1.82, 2.24) is 0 Å². The molecule has 0 spiro atoms. The number of aliphatic hydroxyl groups is 2. The van der Waals surface area contributed by atoms with E-state index in [9.17, 15) is 15.0 Å². The average Bonchev–Trinajstić information content (AvgIpc) is 2.26. The Balaban J connectivity index is 2.85. The van der Waals surface area contributed by atoms with Crippen molar-refractivity contribution in [2.45, 2.75) is 19.1 Å². The SMILES string of the molecule is CC(=O)Nc1cccc(C(O)C(O)CN)c1. The Labute approximate surface area is 93.9 Å². The molecule has 5 nitrogen and oxygen atoms in total. The van der Waals surface area contributed by atoms with Crippen molar-refractivity contribution in [2.24, 2.45) is 5.73 Å². The fourth-order valence-corrected chi connectivity index (χ4v) is 1.35. The molecular weight excluding hydrogens is 208 g/mol. The summed E-state index contributed by atoms with van der Waals surface area (Å²) >= 11 is 0. The molecule has 0 aliphatic carbocycles. The van der Waals surface area contributed by atoms with Crippen LogP contribution in [0.5, 0.6) is 0 Å². The number of aliphatic hydroxyl groups excluding tert-OH is 2.